The number of carbonyl (C=O) groups is 1. The maximum absolute atomic E-state index is 12.2. The zero-order chi connectivity index (χ0) is 18.5. The molecule has 0 saturated heterocycles. The molecule has 0 bridgehead atoms. The Bertz CT molecular complexity index is 761. The zero-order valence-corrected chi connectivity index (χ0v) is 15.0. The first kappa shape index (κ1) is 17.9. The van der Waals surface area contributed by atoms with Gasteiger partial charge in [0.2, 0.25) is 6.79 Å². The van der Waals surface area contributed by atoms with Gasteiger partial charge in [0, 0.05) is 6.04 Å². The van der Waals surface area contributed by atoms with E-state index in [9.17, 15) is 9.90 Å². The maximum Gasteiger partial charge on any atom is 0.315 e. The number of fused-ring (bicyclic) bond motifs is 1. The van der Waals surface area contributed by atoms with Crippen molar-refractivity contribution in [3.63, 3.8) is 0 Å². The Morgan fingerprint density at radius 2 is 1.81 bits per heavy atom. The normalized spacial score (nSPS) is 14.5. The molecule has 0 aromatic heterocycles. The molecule has 6 nitrogen and oxygen atoms in total. The summed E-state index contributed by atoms with van der Waals surface area (Å²) in [5, 5.41) is 15.2. The van der Waals surface area contributed by atoms with Crippen molar-refractivity contribution in [2.45, 2.75) is 38.8 Å². The Hall–Kier alpha value is -2.89. The Morgan fingerprint density at radius 1 is 1.08 bits per heavy atom. The fourth-order valence-corrected chi connectivity index (χ4v) is 2.85. The van der Waals surface area contributed by atoms with E-state index < -0.39 is 0 Å². The molecule has 138 valence electrons. The largest absolute Gasteiger partial charge is 0.508 e. The summed E-state index contributed by atoms with van der Waals surface area (Å²) in [4.78, 5) is 12.2. The molecule has 0 fully saturated rings. The Balaban J connectivity index is 1.46. The molecule has 6 heteroatoms. The van der Waals surface area contributed by atoms with Crippen LogP contribution in [0.2, 0.25) is 0 Å². The molecule has 0 aliphatic carbocycles. The predicted octanol–water partition coefficient (Wildman–Crippen LogP) is 3.50. The van der Waals surface area contributed by atoms with E-state index in [-0.39, 0.29) is 30.7 Å². The molecule has 1 heterocycles. The molecule has 2 unspecified atom stereocenters. The zero-order valence-electron chi connectivity index (χ0n) is 15.0. The van der Waals surface area contributed by atoms with Gasteiger partial charge in [-0.25, -0.2) is 4.79 Å². The molecule has 2 atom stereocenters. The number of phenols is 1. The molecular weight excluding hydrogens is 332 g/mol. The van der Waals surface area contributed by atoms with Crippen molar-refractivity contribution in [1.82, 2.24) is 10.6 Å². The fraction of sp³-hybridized carbons (Fsp3) is 0.350. The van der Waals surface area contributed by atoms with Crippen LogP contribution in [0.15, 0.2) is 42.5 Å². The number of amides is 2. The molecule has 0 saturated carbocycles. The Labute approximate surface area is 153 Å². The van der Waals surface area contributed by atoms with Crippen molar-refractivity contribution in [3.05, 3.63) is 53.6 Å². The van der Waals surface area contributed by atoms with Gasteiger partial charge >= 0.3 is 6.03 Å². The van der Waals surface area contributed by atoms with E-state index in [1.807, 2.05) is 44.2 Å². The number of aromatic hydroxyl groups is 1. The van der Waals surface area contributed by atoms with Crippen LogP contribution in [0.3, 0.4) is 0 Å². The highest BCUT2D eigenvalue weighted by molar-refractivity contribution is 5.74. The van der Waals surface area contributed by atoms with E-state index in [1.54, 1.807) is 12.1 Å². The van der Waals surface area contributed by atoms with Crippen LogP contribution in [-0.2, 0) is 6.42 Å². The lowest BCUT2D eigenvalue weighted by atomic mass is 10.1. The number of benzene rings is 2. The lowest BCUT2D eigenvalue weighted by molar-refractivity contribution is 0.174. The number of aryl methyl sites for hydroxylation is 1. The highest BCUT2D eigenvalue weighted by atomic mass is 16.7. The van der Waals surface area contributed by atoms with Crippen LogP contribution in [0.5, 0.6) is 17.2 Å². The van der Waals surface area contributed by atoms with Gasteiger partial charge in [0.1, 0.15) is 5.75 Å². The van der Waals surface area contributed by atoms with Gasteiger partial charge in [0.15, 0.2) is 11.5 Å². The second kappa shape index (κ2) is 7.99. The average Bonchev–Trinajstić information content (AvgIpc) is 3.08. The van der Waals surface area contributed by atoms with E-state index >= 15 is 0 Å². The van der Waals surface area contributed by atoms with Gasteiger partial charge in [-0.15, -0.1) is 0 Å². The summed E-state index contributed by atoms with van der Waals surface area (Å²) in [7, 11) is 0. The average molecular weight is 356 g/mol. The van der Waals surface area contributed by atoms with Crippen LogP contribution in [0, 0.1) is 0 Å². The van der Waals surface area contributed by atoms with E-state index in [4.69, 9.17) is 9.47 Å². The van der Waals surface area contributed by atoms with Gasteiger partial charge in [0.25, 0.3) is 0 Å². The summed E-state index contributed by atoms with van der Waals surface area (Å²) >= 11 is 0. The van der Waals surface area contributed by atoms with Crippen LogP contribution in [0.4, 0.5) is 4.79 Å². The van der Waals surface area contributed by atoms with E-state index in [0.717, 1.165) is 29.7 Å². The van der Waals surface area contributed by atoms with Gasteiger partial charge < -0.3 is 25.2 Å². The molecule has 2 amide bonds. The lowest BCUT2D eigenvalue weighted by Gasteiger charge is -2.19. The summed E-state index contributed by atoms with van der Waals surface area (Å²) in [5.41, 5.74) is 2.09. The third kappa shape index (κ3) is 4.59. The van der Waals surface area contributed by atoms with Crippen LogP contribution >= 0.6 is 0 Å². The van der Waals surface area contributed by atoms with Crippen molar-refractivity contribution >= 4 is 6.03 Å². The number of rotatable bonds is 6. The fourth-order valence-electron chi connectivity index (χ4n) is 2.85. The minimum Gasteiger partial charge on any atom is -0.508 e. The van der Waals surface area contributed by atoms with Crippen molar-refractivity contribution in [2.75, 3.05) is 6.79 Å². The Kier molecular flexibility index (Phi) is 5.51. The minimum absolute atomic E-state index is 0.0350. The standard InChI is InChI=1S/C20H24N2O4/c1-13(3-4-15-5-8-17(23)9-6-15)21-20(24)22-14(2)16-7-10-18-19(11-16)26-12-25-18/h5-11,13-14,23H,3-4,12H2,1-2H3,(H2,21,22,24). The van der Waals surface area contributed by atoms with Crippen LogP contribution < -0.4 is 20.1 Å². The topological polar surface area (TPSA) is 79.8 Å². The molecule has 0 spiro atoms. The second-order valence-corrected chi connectivity index (χ2v) is 6.56. The minimum atomic E-state index is -0.201. The lowest BCUT2D eigenvalue weighted by Crippen LogP contribution is -2.41. The second-order valence-electron chi connectivity index (χ2n) is 6.56. The van der Waals surface area contributed by atoms with Gasteiger partial charge in [-0.2, -0.15) is 0 Å². The SMILES string of the molecule is CC(CCc1ccc(O)cc1)NC(=O)NC(C)c1ccc2c(c1)OCO2. The van der Waals surface area contributed by atoms with Crippen molar-refractivity contribution in [2.24, 2.45) is 0 Å². The number of phenolic OH excluding ortho intramolecular Hbond substituents is 1. The molecular formula is C20H24N2O4. The number of ether oxygens (including phenoxy) is 2. The van der Waals surface area contributed by atoms with Gasteiger partial charge in [-0.3, -0.25) is 0 Å². The summed E-state index contributed by atoms with van der Waals surface area (Å²) in [6.45, 7) is 4.14. The summed E-state index contributed by atoms with van der Waals surface area (Å²) in [6.07, 6.45) is 1.65. The molecule has 0 radical (unpaired) electrons. The van der Waals surface area contributed by atoms with Gasteiger partial charge in [0.05, 0.1) is 6.04 Å². The number of hydrogen-bond acceptors (Lipinski definition) is 4. The summed E-state index contributed by atoms with van der Waals surface area (Å²) < 4.78 is 10.7. The first-order chi connectivity index (χ1) is 12.5. The van der Waals surface area contributed by atoms with Crippen molar-refractivity contribution in [1.29, 1.82) is 0 Å². The first-order valence-corrected chi connectivity index (χ1v) is 8.76. The number of nitrogens with one attached hydrogen (secondary N) is 2. The van der Waals surface area contributed by atoms with E-state index in [1.165, 1.54) is 0 Å². The highest BCUT2D eigenvalue weighted by Gasteiger charge is 2.17. The monoisotopic (exact) mass is 356 g/mol. The van der Waals surface area contributed by atoms with Crippen LogP contribution in [0.25, 0.3) is 0 Å². The quantitative estimate of drug-likeness (QED) is 0.740. The molecule has 2 aromatic carbocycles. The number of hydrogen-bond donors (Lipinski definition) is 3. The van der Waals surface area contributed by atoms with Gasteiger partial charge in [-0.1, -0.05) is 18.2 Å². The first-order valence-electron chi connectivity index (χ1n) is 8.76. The summed E-state index contributed by atoms with van der Waals surface area (Å²) in [6, 6.07) is 12.5. The molecule has 1 aliphatic rings. The van der Waals surface area contributed by atoms with Crippen molar-refractivity contribution < 1.29 is 19.4 Å². The molecule has 26 heavy (non-hydrogen) atoms. The molecule has 3 rings (SSSR count). The van der Waals surface area contributed by atoms with Crippen LogP contribution in [0.1, 0.15) is 37.4 Å². The summed E-state index contributed by atoms with van der Waals surface area (Å²) in [5.74, 6) is 1.70. The highest BCUT2D eigenvalue weighted by Crippen LogP contribution is 2.34. The van der Waals surface area contributed by atoms with Crippen LogP contribution in [-0.4, -0.2) is 24.0 Å². The van der Waals surface area contributed by atoms with E-state index in [0.29, 0.717) is 5.75 Å². The number of urea groups is 1. The Morgan fingerprint density at radius 3 is 2.58 bits per heavy atom. The third-order valence-electron chi connectivity index (χ3n) is 4.42. The van der Waals surface area contributed by atoms with E-state index in [2.05, 4.69) is 10.6 Å². The maximum atomic E-state index is 12.2. The molecule has 1 aliphatic heterocycles. The third-order valence-corrected chi connectivity index (χ3v) is 4.42. The smallest absolute Gasteiger partial charge is 0.315 e. The molecule has 3 N–H and O–H groups in total. The predicted molar refractivity (Wildman–Crippen MR) is 98.5 cm³/mol. The molecule has 2 aromatic rings. The van der Waals surface area contributed by atoms with Crippen molar-refractivity contribution in [3.8, 4) is 17.2 Å². The number of carbonyl (C=O) groups excluding carboxylic acids is 1. The van der Waals surface area contributed by atoms with Gasteiger partial charge in [-0.05, 0) is 62.1 Å².